The van der Waals surface area contributed by atoms with E-state index in [1.165, 1.54) is 6.42 Å². The third-order valence-corrected chi connectivity index (χ3v) is 5.57. The first-order valence-corrected chi connectivity index (χ1v) is 9.07. The smallest absolute Gasteiger partial charge is 0.178 e. The van der Waals surface area contributed by atoms with Crippen molar-refractivity contribution in [3.05, 3.63) is 24.3 Å². The van der Waals surface area contributed by atoms with Crippen LogP contribution in [0.1, 0.15) is 32.6 Å². The van der Waals surface area contributed by atoms with Gasteiger partial charge >= 0.3 is 0 Å². The molecule has 0 saturated carbocycles. The summed E-state index contributed by atoms with van der Waals surface area (Å²) in [6.07, 6.45) is 4.09. The molecular weight excluding hydrogens is 272 g/mol. The van der Waals surface area contributed by atoms with Gasteiger partial charge in [-0.2, -0.15) is 0 Å². The molecule has 2 N–H and O–H groups in total. The van der Waals surface area contributed by atoms with Crippen LogP contribution in [0.5, 0.6) is 0 Å². The summed E-state index contributed by atoms with van der Waals surface area (Å²) in [5.41, 5.74) is 1.01. The van der Waals surface area contributed by atoms with Crippen LogP contribution in [-0.2, 0) is 9.84 Å². The monoisotopic (exact) mass is 296 g/mol. The van der Waals surface area contributed by atoms with Gasteiger partial charge in [0.2, 0.25) is 0 Å². The minimum atomic E-state index is -3.10. The van der Waals surface area contributed by atoms with E-state index in [-0.39, 0.29) is 5.75 Å². The Morgan fingerprint density at radius 3 is 2.65 bits per heavy atom. The highest BCUT2D eigenvalue weighted by atomic mass is 32.2. The van der Waals surface area contributed by atoms with E-state index >= 15 is 0 Å². The first kappa shape index (κ1) is 15.3. The van der Waals surface area contributed by atoms with E-state index in [0.717, 1.165) is 31.6 Å². The van der Waals surface area contributed by atoms with Crippen LogP contribution >= 0.6 is 0 Å². The van der Waals surface area contributed by atoms with Crippen LogP contribution in [0.25, 0.3) is 0 Å². The molecule has 0 spiro atoms. The van der Waals surface area contributed by atoms with Crippen LogP contribution in [0.15, 0.2) is 29.2 Å². The van der Waals surface area contributed by atoms with Gasteiger partial charge in [-0.15, -0.1) is 0 Å². The maximum Gasteiger partial charge on any atom is 0.178 e. The van der Waals surface area contributed by atoms with Crippen molar-refractivity contribution in [2.45, 2.75) is 43.5 Å². The largest absolute Gasteiger partial charge is 0.382 e. The van der Waals surface area contributed by atoms with Gasteiger partial charge in [-0.3, -0.25) is 0 Å². The molecule has 1 aliphatic rings. The van der Waals surface area contributed by atoms with Crippen LogP contribution in [0.4, 0.5) is 5.69 Å². The van der Waals surface area contributed by atoms with Gasteiger partial charge in [0.15, 0.2) is 9.84 Å². The maximum absolute atomic E-state index is 12.0. The molecule has 2 rings (SSSR count). The number of rotatable bonds is 5. The van der Waals surface area contributed by atoms with Crippen LogP contribution in [0.3, 0.4) is 0 Å². The fourth-order valence-corrected chi connectivity index (χ4v) is 3.87. The molecule has 0 bridgehead atoms. The Bertz CT molecular complexity index is 503. The van der Waals surface area contributed by atoms with Crippen LogP contribution < -0.4 is 10.6 Å². The average molecular weight is 296 g/mol. The van der Waals surface area contributed by atoms with E-state index in [1.807, 2.05) is 19.1 Å². The second-order valence-electron chi connectivity index (χ2n) is 5.37. The fourth-order valence-electron chi connectivity index (χ4n) is 2.54. The van der Waals surface area contributed by atoms with Gasteiger partial charge in [-0.1, -0.05) is 6.92 Å². The molecule has 1 saturated heterocycles. The minimum Gasteiger partial charge on any atom is -0.382 e. The van der Waals surface area contributed by atoms with Crippen molar-refractivity contribution in [2.24, 2.45) is 0 Å². The molecular formula is C15H24N2O2S. The molecule has 1 heterocycles. The van der Waals surface area contributed by atoms with E-state index in [9.17, 15) is 8.42 Å². The molecule has 1 aliphatic heterocycles. The Morgan fingerprint density at radius 2 is 1.95 bits per heavy atom. The van der Waals surface area contributed by atoms with Crippen molar-refractivity contribution in [1.82, 2.24) is 5.32 Å². The lowest BCUT2D eigenvalue weighted by Crippen LogP contribution is -2.21. The maximum atomic E-state index is 12.0. The predicted octanol–water partition coefficient (Wildman–Crippen LogP) is 2.42. The third-order valence-electron chi connectivity index (χ3n) is 3.63. The zero-order chi connectivity index (χ0) is 14.4. The summed E-state index contributed by atoms with van der Waals surface area (Å²) in [6.45, 7) is 4.01. The Kier molecular flexibility index (Phi) is 5.43. The zero-order valence-electron chi connectivity index (χ0n) is 12.1. The quantitative estimate of drug-likeness (QED) is 0.876. The molecule has 1 fully saturated rings. The number of nitrogens with one attached hydrogen (secondary N) is 2. The van der Waals surface area contributed by atoms with Crippen molar-refractivity contribution in [3.8, 4) is 0 Å². The van der Waals surface area contributed by atoms with Crippen molar-refractivity contribution < 1.29 is 8.42 Å². The minimum absolute atomic E-state index is 0.216. The Balaban J connectivity index is 2.01. The van der Waals surface area contributed by atoms with Crippen LogP contribution in [-0.4, -0.2) is 33.3 Å². The van der Waals surface area contributed by atoms with Crippen molar-refractivity contribution in [2.75, 3.05) is 24.2 Å². The molecule has 0 aromatic heterocycles. The second kappa shape index (κ2) is 7.09. The Morgan fingerprint density at radius 1 is 1.20 bits per heavy atom. The molecule has 1 aromatic rings. The van der Waals surface area contributed by atoms with Gasteiger partial charge in [0, 0.05) is 11.7 Å². The van der Waals surface area contributed by atoms with Crippen molar-refractivity contribution in [1.29, 1.82) is 0 Å². The van der Waals surface area contributed by atoms with Crippen molar-refractivity contribution in [3.63, 3.8) is 0 Å². The SMILES string of the molecule is CCCS(=O)(=O)c1ccc(NC2CCCNCC2)cc1. The lowest BCUT2D eigenvalue weighted by molar-refractivity contribution is 0.594. The van der Waals surface area contributed by atoms with E-state index in [2.05, 4.69) is 10.6 Å². The molecule has 5 heteroatoms. The number of benzene rings is 1. The summed E-state index contributed by atoms with van der Waals surface area (Å²) >= 11 is 0. The molecule has 0 aliphatic carbocycles. The summed E-state index contributed by atoms with van der Waals surface area (Å²) in [5, 5.41) is 6.88. The topological polar surface area (TPSA) is 58.2 Å². The van der Waals surface area contributed by atoms with Crippen molar-refractivity contribution >= 4 is 15.5 Å². The van der Waals surface area contributed by atoms with E-state index < -0.39 is 9.84 Å². The van der Waals surface area contributed by atoms with Crippen LogP contribution in [0, 0.1) is 0 Å². The molecule has 1 unspecified atom stereocenters. The summed E-state index contributed by atoms with van der Waals surface area (Å²) < 4.78 is 23.9. The molecule has 20 heavy (non-hydrogen) atoms. The van der Waals surface area contributed by atoms with Gasteiger partial charge in [-0.05, 0) is 63.0 Å². The molecule has 0 radical (unpaired) electrons. The van der Waals surface area contributed by atoms with E-state index in [4.69, 9.17) is 0 Å². The average Bonchev–Trinajstić information content (AvgIpc) is 2.68. The zero-order valence-corrected chi connectivity index (χ0v) is 12.9. The highest BCUT2D eigenvalue weighted by molar-refractivity contribution is 7.91. The summed E-state index contributed by atoms with van der Waals surface area (Å²) in [4.78, 5) is 0.424. The summed E-state index contributed by atoms with van der Waals surface area (Å²) in [6, 6.07) is 7.65. The van der Waals surface area contributed by atoms with Gasteiger partial charge in [0.1, 0.15) is 0 Å². The fraction of sp³-hybridized carbons (Fsp3) is 0.600. The van der Waals surface area contributed by atoms with Gasteiger partial charge < -0.3 is 10.6 Å². The van der Waals surface area contributed by atoms with Gasteiger partial charge in [0.25, 0.3) is 0 Å². The number of anilines is 1. The first-order valence-electron chi connectivity index (χ1n) is 7.42. The summed E-state index contributed by atoms with van der Waals surface area (Å²) in [5.74, 6) is 0.216. The highest BCUT2D eigenvalue weighted by Gasteiger charge is 2.14. The third kappa shape index (κ3) is 4.21. The molecule has 1 aromatic carbocycles. The van der Waals surface area contributed by atoms with Gasteiger partial charge in [-0.25, -0.2) is 8.42 Å². The predicted molar refractivity (Wildman–Crippen MR) is 82.9 cm³/mol. The lowest BCUT2D eigenvalue weighted by Gasteiger charge is -2.17. The highest BCUT2D eigenvalue weighted by Crippen LogP contribution is 2.18. The number of hydrogen-bond acceptors (Lipinski definition) is 4. The van der Waals surface area contributed by atoms with Crippen LogP contribution in [0.2, 0.25) is 0 Å². The van der Waals surface area contributed by atoms with Gasteiger partial charge in [0.05, 0.1) is 10.6 Å². The normalized spacial score (nSPS) is 20.4. The van der Waals surface area contributed by atoms with E-state index in [0.29, 0.717) is 17.4 Å². The second-order valence-corrected chi connectivity index (χ2v) is 7.47. The summed E-state index contributed by atoms with van der Waals surface area (Å²) in [7, 11) is -3.10. The Labute approximate surface area is 121 Å². The number of sulfone groups is 1. The molecule has 1 atom stereocenters. The number of hydrogen-bond donors (Lipinski definition) is 2. The molecule has 0 amide bonds. The first-order chi connectivity index (χ1) is 9.62. The molecule has 112 valence electrons. The Hall–Kier alpha value is -1.07. The standard InChI is InChI=1S/C15H24N2O2S/c1-2-12-20(18,19)15-7-5-14(6-8-15)17-13-4-3-10-16-11-9-13/h5-8,13,16-17H,2-4,9-12H2,1H3. The lowest BCUT2D eigenvalue weighted by atomic mass is 10.1. The molecule has 4 nitrogen and oxygen atoms in total. The van der Waals surface area contributed by atoms with E-state index in [1.54, 1.807) is 12.1 Å².